The fraction of sp³-hybridized carbons (Fsp3) is 0.300. The lowest BCUT2D eigenvalue weighted by atomic mass is 9.91. The van der Waals surface area contributed by atoms with E-state index in [1.165, 1.54) is 46.1 Å². The molecule has 4 heteroatoms. The van der Waals surface area contributed by atoms with Crippen molar-refractivity contribution in [3.63, 3.8) is 0 Å². The molecule has 0 saturated heterocycles. The van der Waals surface area contributed by atoms with Crippen LogP contribution in [0, 0.1) is 0 Å². The number of H-pyrrole nitrogens is 1. The molecule has 0 fully saturated rings. The van der Waals surface area contributed by atoms with Gasteiger partial charge in [-0.15, -0.1) is 0 Å². The molecule has 4 rings (SSSR count). The van der Waals surface area contributed by atoms with Crippen LogP contribution in [0.3, 0.4) is 0 Å². The molecule has 3 nitrogen and oxygen atoms in total. The molecule has 0 spiro atoms. The van der Waals surface area contributed by atoms with Gasteiger partial charge < -0.3 is 13.4 Å². The second kappa shape index (κ2) is 7.25. The number of aryl methyl sites for hydroxylation is 1. The highest BCUT2D eigenvalue weighted by Gasteiger charge is 2.23. The van der Waals surface area contributed by atoms with Crippen molar-refractivity contribution in [2.75, 3.05) is 13.2 Å². The largest absolute Gasteiger partial charge is 0.357 e. The van der Waals surface area contributed by atoms with Gasteiger partial charge in [0.1, 0.15) is 23.0 Å². The lowest BCUT2D eigenvalue weighted by Gasteiger charge is -2.23. The summed E-state index contributed by atoms with van der Waals surface area (Å²) in [4.78, 5) is 3.67. The minimum Gasteiger partial charge on any atom is -0.357 e. The number of aromatic amines is 1. The van der Waals surface area contributed by atoms with Crippen LogP contribution in [-0.2, 0) is 9.49 Å². The summed E-state index contributed by atoms with van der Waals surface area (Å²) >= 11 is 1.95. The van der Waals surface area contributed by atoms with E-state index in [9.17, 15) is 0 Å². The van der Waals surface area contributed by atoms with E-state index in [2.05, 4.69) is 58.8 Å². The van der Waals surface area contributed by atoms with E-state index in [0.717, 1.165) is 19.6 Å². The first-order valence-corrected chi connectivity index (χ1v) is 9.42. The van der Waals surface area contributed by atoms with Crippen LogP contribution in [0.1, 0.15) is 30.1 Å². The lowest BCUT2D eigenvalue weighted by Crippen LogP contribution is -2.27. The maximum Gasteiger partial charge on any atom is 0.109 e. The zero-order chi connectivity index (χ0) is 16.4. The van der Waals surface area contributed by atoms with Crippen LogP contribution in [0.5, 0.6) is 0 Å². The summed E-state index contributed by atoms with van der Waals surface area (Å²) in [7, 11) is 0. The molecular weight excluding hydrogens is 411 g/mol. The first kappa shape index (κ1) is 16.1. The van der Waals surface area contributed by atoms with Crippen molar-refractivity contribution in [1.82, 2.24) is 10.3 Å². The Hall–Kier alpha value is -1.37. The van der Waals surface area contributed by atoms with Crippen molar-refractivity contribution in [3.8, 4) is 11.1 Å². The van der Waals surface area contributed by atoms with E-state index in [4.69, 9.17) is 3.07 Å². The van der Waals surface area contributed by atoms with Crippen molar-refractivity contribution in [2.45, 2.75) is 25.3 Å². The Morgan fingerprint density at radius 1 is 1.12 bits per heavy atom. The number of hydrogen-bond acceptors (Lipinski definition) is 2. The summed E-state index contributed by atoms with van der Waals surface area (Å²) < 4.78 is 5.14. The molecule has 0 amide bonds. The summed E-state index contributed by atoms with van der Waals surface area (Å²) in [5.41, 5.74) is 6.67. The van der Waals surface area contributed by atoms with Crippen molar-refractivity contribution >= 4 is 33.9 Å². The molecule has 0 radical (unpaired) electrons. The summed E-state index contributed by atoms with van der Waals surface area (Å²) in [5, 5.41) is 5.00. The van der Waals surface area contributed by atoms with Crippen molar-refractivity contribution < 1.29 is 3.07 Å². The van der Waals surface area contributed by atoms with Gasteiger partial charge in [0, 0.05) is 29.2 Å². The SMILES string of the molecule is IOCCNC1CCCc2c1[nH]c1ccc(-c3ccccc3)cc21. The van der Waals surface area contributed by atoms with Crippen LogP contribution < -0.4 is 5.32 Å². The van der Waals surface area contributed by atoms with Crippen LogP contribution >= 0.6 is 23.0 Å². The molecule has 24 heavy (non-hydrogen) atoms. The van der Waals surface area contributed by atoms with Gasteiger partial charge in [-0.05, 0) is 48.1 Å². The molecular formula is C20H21IN2O. The second-order valence-electron chi connectivity index (χ2n) is 6.36. The van der Waals surface area contributed by atoms with E-state index in [0.29, 0.717) is 6.04 Å². The Morgan fingerprint density at radius 3 is 2.83 bits per heavy atom. The molecule has 124 valence electrons. The van der Waals surface area contributed by atoms with Crippen LogP contribution in [0.15, 0.2) is 48.5 Å². The van der Waals surface area contributed by atoms with Gasteiger partial charge in [-0.1, -0.05) is 36.4 Å². The monoisotopic (exact) mass is 432 g/mol. The van der Waals surface area contributed by atoms with E-state index < -0.39 is 0 Å². The molecule has 1 aliphatic carbocycles. The highest BCUT2D eigenvalue weighted by atomic mass is 127. The normalized spacial score (nSPS) is 17.1. The quantitative estimate of drug-likeness (QED) is 0.431. The van der Waals surface area contributed by atoms with Gasteiger partial charge in [0.25, 0.3) is 0 Å². The third kappa shape index (κ3) is 3.10. The van der Waals surface area contributed by atoms with Crippen LogP contribution in [0.2, 0.25) is 0 Å². The summed E-state index contributed by atoms with van der Waals surface area (Å²) in [5.74, 6) is 0. The number of rotatable bonds is 5. The van der Waals surface area contributed by atoms with E-state index >= 15 is 0 Å². The van der Waals surface area contributed by atoms with E-state index in [1.54, 1.807) is 0 Å². The van der Waals surface area contributed by atoms with Gasteiger partial charge in [-0.25, -0.2) is 0 Å². The Morgan fingerprint density at radius 2 is 2.00 bits per heavy atom. The van der Waals surface area contributed by atoms with Crippen LogP contribution in [0.4, 0.5) is 0 Å². The first-order valence-electron chi connectivity index (χ1n) is 8.53. The zero-order valence-corrected chi connectivity index (χ0v) is 15.7. The molecule has 0 bridgehead atoms. The zero-order valence-electron chi connectivity index (χ0n) is 13.5. The maximum atomic E-state index is 5.14. The fourth-order valence-corrected chi connectivity index (χ4v) is 3.97. The highest BCUT2D eigenvalue weighted by molar-refractivity contribution is 14.1. The Balaban J connectivity index is 1.71. The highest BCUT2D eigenvalue weighted by Crippen LogP contribution is 2.36. The van der Waals surface area contributed by atoms with E-state index in [1.807, 2.05) is 23.0 Å². The van der Waals surface area contributed by atoms with Crippen molar-refractivity contribution in [3.05, 3.63) is 59.8 Å². The minimum absolute atomic E-state index is 0.410. The van der Waals surface area contributed by atoms with Gasteiger partial charge in [0.2, 0.25) is 0 Å². The van der Waals surface area contributed by atoms with Gasteiger partial charge in [-0.2, -0.15) is 0 Å². The van der Waals surface area contributed by atoms with E-state index in [-0.39, 0.29) is 0 Å². The Bertz CT molecular complexity index is 828. The summed E-state index contributed by atoms with van der Waals surface area (Å²) in [6, 6.07) is 17.8. The average Bonchev–Trinajstić information content (AvgIpc) is 3.01. The van der Waals surface area contributed by atoms with Gasteiger partial charge in [0.05, 0.1) is 6.61 Å². The third-order valence-electron chi connectivity index (χ3n) is 4.88. The lowest BCUT2D eigenvalue weighted by molar-refractivity contribution is 0.374. The topological polar surface area (TPSA) is 37.0 Å². The first-order chi connectivity index (χ1) is 11.9. The number of aromatic nitrogens is 1. The molecule has 1 heterocycles. The number of nitrogens with one attached hydrogen (secondary N) is 2. The third-order valence-corrected chi connectivity index (χ3v) is 5.32. The minimum atomic E-state index is 0.410. The summed E-state index contributed by atoms with van der Waals surface area (Å²) in [6.45, 7) is 1.63. The molecule has 3 aromatic rings. The summed E-state index contributed by atoms with van der Waals surface area (Å²) in [6.07, 6.45) is 3.58. The standard InChI is InChI=1S/C20H21IN2O/c21-24-12-11-22-19-8-4-7-16-17-13-15(14-5-2-1-3-6-14)9-10-18(17)23-20(16)19/h1-3,5-6,9-10,13,19,22-23H,4,7-8,11-12H2. The van der Waals surface area contributed by atoms with Crippen molar-refractivity contribution in [1.29, 1.82) is 0 Å². The molecule has 2 N–H and O–H groups in total. The number of hydrogen-bond donors (Lipinski definition) is 2. The fourth-order valence-electron chi connectivity index (χ4n) is 3.75. The van der Waals surface area contributed by atoms with Crippen LogP contribution in [0.25, 0.3) is 22.0 Å². The molecule has 1 unspecified atom stereocenters. The van der Waals surface area contributed by atoms with Crippen molar-refractivity contribution in [2.24, 2.45) is 0 Å². The molecule has 1 aromatic heterocycles. The molecule has 1 atom stereocenters. The predicted octanol–water partition coefficient (Wildman–Crippen LogP) is 5.17. The second-order valence-corrected chi connectivity index (χ2v) is 6.98. The predicted molar refractivity (Wildman–Crippen MR) is 107 cm³/mol. The molecule has 0 saturated carbocycles. The number of fused-ring (bicyclic) bond motifs is 3. The Labute approximate surface area is 156 Å². The average molecular weight is 432 g/mol. The number of benzene rings is 2. The van der Waals surface area contributed by atoms with Crippen LogP contribution in [-0.4, -0.2) is 18.1 Å². The molecule has 1 aliphatic rings. The van der Waals surface area contributed by atoms with Gasteiger partial charge in [-0.3, -0.25) is 0 Å². The van der Waals surface area contributed by atoms with Gasteiger partial charge in [0.15, 0.2) is 0 Å². The smallest absolute Gasteiger partial charge is 0.109 e. The Kier molecular flexibility index (Phi) is 4.87. The number of halogens is 1. The van der Waals surface area contributed by atoms with Gasteiger partial charge >= 0.3 is 0 Å². The molecule has 0 aliphatic heterocycles. The maximum absolute atomic E-state index is 5.14. The molecule has 2 aromatic carbocycles.